The first-order valence-electron chi connectivity index (χ1n) is 6.58. The molecule has 5 heteroatoms. The van der Waals surface area contributed by atoms with E-state index in [-0.39, 0.29) is 18.4 Å². The second kappa shape index (κ2) is 5.63. The van der Waals surface area contributed by atoms with E-state index >= 15 is 0 Å². The Morgan fingerprint density at radius 3 is 3.10 bits per heavy atom. The zero-order chi connectivity index (χ0) is 14.7. The third-order valence-electron chi connectivity index (χ3n) is 3.26. The Morgan fingerprint density at radius 2 is 2.24 bits per heavy atom. The molecule has 0 saturated carbocycles. The van der Waals surface area contributed by atoms with Crippen LogP contribution >= 0.6 is 0 Å². The lowest BCUT2D eigenvalue weighted by molar-refractivity contribution is 0.338. The molecule has 1 heterocycles. The van der Waals surface area contributed by atoms with Gasteiger partial charge in [0.1, 0.15) is 29.9 Å². The minimum absolute atomic E-state index is 0.0202. The van der Waals surface area contributed by atoms with Gasteiger partial charge in [-0.15, -0.1) is 0 Å². The Hall–Kier alpha value is -2.87. The van der Waals surface area contributed by atoms with Crippen LogP contribution in [0.5, 0.6) is 17.2 Å². The first-order valence-corrected chi connectivity index (χ1v) is 6.58. The SMILES string of the molecule is N#CCOc1cccc(NC2COc3cc(O)ccc32)c1. The van der Waals surface area contributed by atoms with Crippen LogP contribution in [0.1, 0.15) is 11.6 Å². The van der Waals surface area contributed by atoms with Gasteiger partial charge < -0.3 is 19.9 Å². The Morgan fingerprint density at radius 1 is 1.33 bits per heavy atom. The van der Waals surface area contributed by atoms with Crippen molar-refractivity contribution in [2.75, 3.05) is 18.5 Å². The van der Waals surface area contributed by atoms with E-state index in [0.29, 0.717) is 18.1 Å². The summed E-state index contributed by atoms with van der Waals surface area (Å²) in [6.07, 6.45) is 0. The minimum Gasteiger partial charge on any atom is -0.508 e. The van der Waals surface area contributed by atoms with Crippen molar-refractivity contribution >= 4 is 5.69 Å². The molecule has 106 valence electrons. The van der Waals surface area contributed by atoms with E-state index in [0.717, 1.165) is 11.3 Å². The fourth-order valence-electron chi connectivity index (χ4n) is 2.31. The number of nitrogens with one attached hydrogen (secondary N) is 1. The molecule has 0 aliphatic carbocycles. The number of ether oxygens (including phenoxy) is 2. The smallest absolute Gasteiger partial charge is 0.174 e. The number of rotatable bonds is 4. The van der Waals surface area contributed by atoms with Crippen LogP contribution < -0.4 is 14.8 Å². The van der Waals surface area contributed by atoms with Gasteiger partial charge in [0.15, 0.2) is 6.61 Å². The molecule has 1 unspecified atom stereocenters. The molecule has 0 bridgehead atoms. The van der Waals surface area contributed by atoms with Gasteiger partial charge in [0, 0.05) is 23.4 Å². The van der Waals surface area contributed by atoms with Gasteiger partial charge >= 0.3 is 0 Å². The van der Waals surface area contributed by atoms with E-state index < -0.39 is 0 Å². The minimum atomic E-state index is 0.0202. The van der Waals surface area contributed by atoms with Crippen LogP contribution in [0.4, 0.5) is 5.69 Å². The number of hydrogen-bond donors (Lipinski definition) is 2. The molecule has 5 nitrogen and oxygen atoms in total. The van der Waals surface area contributed by atoms with Crippen molar-refractivity contribution in [3.63, 3.8) is 0 Å². The predicted octanol–water partition coefficient (Wildman–Crippen LogP) is 2.84. The molecule has 1 atom stereocenters. The van der Waals surface area contributed by atoms with Crippen molar-refractivity contribution < 1.29 is 14.6 Å². The van der Waals surface area contributed by atoms with Gasteiger partial charge in [-0.05, 0) is 24.3 Å². The van der Waals surface area contributed by atoms with Crippen LogP contribution in [-0.4, -0.2) is 18.3 Å². The summed E-state index contributed by atoms with van der Waals surface area (Å²) in [5, 5.41) is 21.3. The van der Waals surface area contributed by atoms with Crippen LogP contribution in [0.2, 0.25) is 0 Å². The Kier molecular flexibility index (Phi) is 3.52. The number of fused-ring (bicyclic) bond motifs is 1. The molecule has 0 fully saturated rings. The summed E-state index contributed by atoms with van der Waals surface area (Å²) in [5.74, 6) is 1.54. The number of anilines is 1. The van der Waals surface area contributed by atoms with Gasteiger partial charge in [0.05, 0.1) is 6.04 Å². The number of nitrogens with zero attached hydrogens (tertiary/aromatic N) is 1. The van der Waals surface area contributed by atoms with Gasteiger partial charge in [-0.25, -0.2) is 0 Å². The van der Waals surface area contributed by atoms with Crippen LogP contribution in [0.15, 0.2) is 42.5 Å². The molecule has 0 spiro atoms. The Bertz CT molecular complexity index is 694. The van der Waals surface area contributed by atoms with E-state index in [4.69, 9.17) is 14.7 Å². The maximum Gasteiger partial charge on any atom is 0.174 e. The summed E-state index contributed by atoms with van der Waals surface area (Å²) in [6, 6.07) is 14.5. The highest BCUT2D eigenvalue weighted by atomic mass is 16.5. The topological polar surface area (TPSA) is 74.5 Å². The Labute approximate surface area is 122 Å². The summed E-state index contributed by atoms with van der Waals surface area (Å²) in [6.45, 7) is 0.528. The number of phenols is 1. The maximum atomic E-state index is 9.45. The number of phenolic OH excluding ortho intramolecular Hbond substituents is 1. The van der Waals surface area contributed by atoms with Crippen molar-refractivity contribution in [3.05, 3.63) is 48.0 Å². The van der Waals surface area contributed by atoms with E-state index in [2.05, 4.69) is 5.32 Å². The fourth-order valence-corrected chi connectivity index (χ4v) is 2.31. The molecule has 1 aliphatic heterocycles. The number of hydrogen-bond acceptors (Lipinski definition) is 5. The van der Waals surface area contributed by atoms with Crippen molar-refractivity contribution in [1.29, 1.82) is 5.26 Å². The van der Waals surface area contributed by atoms with Crippen molar-refractivity contribution in [2.45, 2.75) is 6.04 Å². The van der Waals surface area contributed by atoms with Gasteiger partial charge in [-0.2, -0.15) is 5.26 Å². The highest BCUT2D eigenvalue weighted by molar-refractivity contribution is 5.53. The molecule has 2 aromatic carbocycles. The molecule has 0 radical (unpaired) electrons. The van der Waals surface area contributed by atoms with Gasteiger partial charge in [0.25, 0.3) is 0 Å². The second-order valence-corrected chi connectivity index (χ2v) is 4.70. The molecular weight excluding hydrogens is 268 g/mol. The molecule has 0 saturated heterocycles. The van der Waals surface area contributed by atoms with Crippen molar-refractivity contribution in [1.82, 2.24) is 0 Å². The first kappa shape index (κ1) is 13.1. The third-order valence-corrected chi connectivity index (χ3v) is 3.26. The van der Waals surface area contributed by atoms with E-state index in [9.17, 15) is 5.11 Å². The van der Waals surface area contributed by atoms with Crippen LogP contribution in [0, 0.1) is 11.3 Å². The summed E-state index contributed by atoms with van der Waals surface area (Å²) in [5.41, 5.74) is 1.90. The average Bonchev–Trinajstić information content (AvgIpc) is 2.87. The summed E-state index contributed by atoms with van der Waals surface area (Å²) >= 11 is 0. The molecule has 1 aliphatic rings. The monoisotopic (exact) mass is 282 g/mol. The Balaban J connectivity index is 1.75. The van der Waals surface area contributed by atoms with Gasteiger partial charge in [0.2, 0.25) is 0 Å². The third kappa shape index (κ3) is 2.84. The molecule has 3 rings (SSSR count). The molecule has 0 aromatic heterocycles. The fraction of sp³-hybridized carbons (Fsp3) is 0.188. The van der Waals surface area contributed by atoms with E-state index in [1.165, 1.54) is 0 Å². The maximum absolute atomic E-state index is 9.45. The van der Waals surface area contributed by atoms with Crippen LogP contribution in [-0.2, 0) is 0 Å². The highest BCUT2D eigenvalue weighted by Gasteiger charge is 2.24. The van der Waals surface area contributed by atoms with Crippen molar-refractivity contribution in [2.24, 2.45) is 0 Å². The number of aromatic hydroxyl groups is 1. The number of nitriles is 1. The average molecular weight is 282 g/mol. The van der Waals surface area contributed by atoms with Gasteiger partial charge in [-0.1, -0.05) is 6.07 Å². The van der Waals surface area contributed by atoms with Crippen molar-refractivity contribution in [3.8, 4) is 23.3 Å². The van der Waals surface area contributed by atoms with Crippen LogP contribution in [0.3, 0.4) is 0 Å². The predicted molar refractivity (Wildman–Crippen MR) is 77.5 cm³/mol. The number of benzene rings is 2. The summed E-state index contributed by atoms with van der Waals surface area (Å²) in [7, 11) is 0. The standard InChI is InChI=1S/C16H14N2O3/c17-6-7-20-13-3-1-2-11(8-13)18-15-10-21-16-9-12(19)4-5-14(15)16/h1-5,8-9,15,18-19H,7,10H2. The zero-order valence-corrected chi connectivity index (χ0v) is 11.2. The molecule has 2 aromatic rings. The largest absolute Gasteiger partial charge is 0.508 e. The van der Waals surface area contributed by atoms with Gasteiger partial charge in [-0.3, -0.25) is 0 Å². The second-order valence-electron chi connectivity index (χ2n) is 4.70. The molecule has 2 N–H and O–H groups in total. The first-order chi connectivity index (χ1) is 10.3. The lowest BCUT2D eigenvalue weighted by Gasteiger charge is -2.14. The lowest BCUT2D eigenvalue weighted by atomic mass is 10.1. The quantitative estimate of drug-likeness (QED) is 0.902. The summed E-state index contributed by atoms with van der Waals surface area (Å²) in [4.78, 5) is 0. The van der Waals surface area contributed by atoms with E-state index in [1.807, 2.05) is 30.3 Å². The highest BCUT2D eigenvalue weighted by Crippen LogP contribution is 2.37. The normalized spacial score (nSPS) is 15.7. The molecule has 21 heavy (non-hydrogen) atoms. The lowest BCUT2D eigenvalue weighted by Crippen LogP contribution is -2.11. The zero-order valence-electron chi connectivity index (χ0n) is 11.2. The van der Waals surface area contributed by atoms with Crippen LogP contribution in [0.25, 0.3) is 0 Å². The molecular formula is C16H14N2O3. The molecule has 0 amide bonds. The van der Waals surface area contributed by atoms with E-state index in [1.54, 1.807) is 18.2 Å². The summed E-state index contributed by atoms with van der Waals surface area (Å²) < 4.78 is 10.8.